The van der Waals surface area contributed by atoms with Crippen LogP contribution in [0, 0.1) is 0 Å². The Morgan fingerprint density at radius 2 is 1.11 bits per heavy atom. The van der Waals surface area contributed by atoms with Gasteiger partial charge in [-0.25, -0.2) is 0 Å². The molecule has 0 aromatic heterocycles. The van der Waals surface area contributed by atoms with Crippen LogP contribution in [0.25, 0.3) is 0 Å². The average molecular weight is 295 g/mol. The highest BCUT2D eigenvalue weighted by molar-refractivity contribution is 8.02. The van der Waals surface area contributed by atoms with Crippen LogP contribution in [0.2, 0.25) is 0 Å². The van der Waals surface area contributed by atoms with Crippen LogP contribution in [0.1, 0.15) is 72.1 Å². The van der Waals surface area contributed by atoms with Gasteiger partial charge in [-0.15, -0.1) is 0 Å². The van der Waals surface area contributed by atoms with Crippen molar-refractivity contribution >= 4 is 21.6 Å². The SMILES string of the molecule is CCCCCCS(=O)C(C)S(=O)CCCCCC. The zero-order valence-electron chi connectivity index (χ0n) is 12.3. The maximum Gasteiger partial charge on any atom is 0.107 e. The topological polar surface area (TPSA) is 34.1 Å². The molecule has 2 nitrogen and oxygen atoms in total. The standard InChI is InChI=1S/C14H30O2S2/c1-4-6-8-10-12-17(15)14(3)18(16)13-11-9-7-5-2/h14H,4-13H2,1-3H3. The fourth-order valence-electron chi connectivity index (χ4n) is 1.79. The first-order valence-electron chi connectivity index (χ1n) is 7.37. The summed E-state index contributed by atoms with van der Waals surface area (Å²) in [6, 6.07) is 0. The third-order valence-electron chi connectivity index (χ3n) is 3.14. The van der Waals surface area contributed by atoms with Crippen LogP contribution in [0.5, 0.6) is 0 Å². The van der Waals surface area contributed by atoms with E-state index in [4.69, 9.17) is 0 Å². The predicted octanol–water partition coefficient (Wildman–Crippen LogP) is 3.99. The van der Waals surface area contributed by atoms with E-state index in [1.165, 1.54) is 25.7 Å². The zero-order valence-corrected chi connectivity index (χ0v) is 13.9. The number of unbranched alkanes of at least 4 members (excludes halogenated alkanes) is 6. The zero-order chi connectivity index (χ0) is 13.8. The first-order valence-corrected chi connectivity index (χ1v) is 10.1. The van der Waals surface area contributed by atoms with Gasteiger partial charge >= 0.3 is 0 Å². The van der Waals surface area contributed by atoms with E-state index in [1.54, 1.807) is 0 Å². The Balaban J connectivity index is 3.72. The average Bonchev–Trinajstić information content (AvgIpc) is 2.38. The molecular weight excluding hydrogens is 264 g/mol. The second-order valence-corrected chi connectivity index (χ2v) is 8.91. The molecule has 0 aromatic carbocycles. The Labute approximate surface area is 118 Å². The largest absolute Gasteiger partial charge is 0.258 e. The molecule has 0 saturated heterocycles. The van der Waals surface area contributed by atoms with Crippen LogP contribution >= 0.6 is 0 Å². The molecule has 0 spiro atoms. The molecule has 0 aromatic rings. The number of hydrogen-bond donors (Lipinski definition) is 0. The first-order chi connectivity index (χ1) is 8.63. The summed E-state index contributed by atoms with van der Waals surface area (Å²) in [6.45, 7) is 6.22. The minimum atomic E-state index is -0.906. The molecule has 2 atom stereocenters. The van der Waals surface area contributed by atoms with E-state index in [-0.39, 0.29) is 4.58 Å². The van der Waals surface area contributed by atoms with Gasteiger partial charge in [-0.1, -0.05) is 52.4 Å². The maximum absolute atomic E-state index is 12.0. The molecule has 18 heavy (non-hydrogen) atoms. The van der Waals surface area contributed by atoms with Gasteiger partial charge in [0.15, 0.2) is 0 Å². The normalized spacial score (nSPS) is 16.4. The number of hydrogen-bond acceptors (Lipinski definition) is 2. The molecule has 0 amide bonds. The van der Waals surface area contributed by atoms with Gasteiger partial charge < -0.3 is 0 Å². The van der Waals surface area contributed by atoms with E-state index in [2.05, 4.69) is 13.8 Å². The van der Waals surface area contributed by atoms with Crippen molar-refractivity contribution < 1.29 is 8.42 Å². The van der Waals surface area contributed by atoms with Gasteiger partial charge in [0.1, 0.15) is 4.58 Å². The molecule has 0 heterocycles. The minimum absolute atomic E-state index is 0.145. The summed E-state index contributed by atoms with van der Waals surface area (Å²) in [5, 5.41) is 0. The summed E-state index contributed by atoms with van der Waals surface area (Å²) in [7, 11) is -1.81. The van der Waals surface area contributed by atoms with Crippen molar-refractivity contribution in [1.29, 1.82) is 0 Å². The first kappa shape index (κ1) is 18.3. The smallest absolute Gasteiger partial charge is 0.107 e. The van der Waals surface area contributed by atoms with Crippen LogP contribution in [0.3, 0.4) is 0 Å². The third-order valence-corrected chi connectivity index (χ3v) is 7.29. The Kier molecular flexibility index (Phi) is 12.5. The summed E-state index contributed by atoms with van der Waals surface area (Å²) in [5.41, 5.74) is 0. The molecule has 110 valence electrons. The molecular formula is C14H30O2S2. The molecule has 4 heteroatoms. The van der Waals surface area contributed by atoms with E-state index < -0.39 is 21.6 Å². The highest BCUT2D eigenvalue weighted by atomic mass is 32.2. The summed E-state index contributed by atoms with van der Waals surface area (Å²) >= 11 is 0. The Morgan fingerprint density at radius 1 is 0.722 bits per heavy atom. The van der Waals surface area contributed by atoms with Gasteiger partial charge in [0.25, 0.3) is 0 Å². The molecule has 0 fully saturated rings. The van der Waals surface area contributed by atoms with Crippen LogP contribution in [-0.2, 0) is 21.6 Å². The molecule has 0 bridgehead atoms. The minimum Gasteiger partial charge on any atom is -0.258 e. The van der Waals surface area contributed by atoms with Gasteiger partial charge in [-0.2, -0.15) is 0 Å². The maximum atomic E-state index is 12.0. The Bertz CT molecular complexity index is 218. The Morgan fingerprint density at radius 3 is 1.44 bits per heavy atom. The monoisotopic (exact) mass is 294 g/mol. The third kappa shape index (κ3) is 9.26. The van der Waals surface area contributed by atoms with E-state index in [0.717, 1.165) is 37.2 Å². The summed E-state index contributed by atoms with van der Waals surface area (Å²) in [4.78, 5) is 0. The molecule has 0 saturated carbocycles. The van der Waals surface area contributed by atoms with Crippen molar-refractivity contribution in [3.8, 4) is 0 Å². The molecule has 0 rings (SSSR count). The van der Waals surface area contributed by atoms with Crippen LogP contribution < -0.4 is 0 Å². The fraction of sp³-hybridized carbons (Fsp3) is 1.00. The highest BCUT2D eigenvalue weighted by Crippen LogP contribution is 2.09. The van der Waals surface area contributed by atoms with E-state index in [9.17, 15) is 8.42 Å². The van der Waals surface area contributed by atoms with Crippen LogP contribution in [0.4, 0.5) is 0 Å². The molecule has 0 aliphatic heterocycles. The van der Waals surface area contributed by atoms with Crippen LogP contribution in [0.15, 0.2) is 0 Å². The van der Waals surface area contributed by atoms with Gasteiger partial charge in [-0.05, 0) is 19.8 Å². The quantitative estimate of drug-likeness (QED) is 0.510. The fourth-order valence-corrected chi connectivity index (χ4v) is 4.97. The van der Waals surface area contributed by atoms with Crippen molar-refractivity contribution in [2.45, 2.75) is 76.7 Å². The molecule has 0 radical (unpaired) electrons. The lowest BCUT2D eigenvalue weighted by atomic mass is 10.2. The second kappa shape index (κ2) is 12.3. The second-order valence-electron chi connectivity index (χ2n) is 4.86. The van der Waals surface area contributed by atoms with Crippen molar-refractivity contribution in [2.24, 2.45) is 0 Å². The van der Waals surface area contributed by atoms with Crippen molar-refractivity contribution in [3.05, 3.63) is 0 Å². The highest BCUT2D eigenvalue weighted by Gasteiger charge is 2.17. The molecule has 2 unspecified atom stereocenters. The van der Waals surface area contributed by atoms with Gasteiger partial charge in [0, 0.05) is 33.1 Å². The molecule has 0 N–H and O–H groups in total. The summed E-state index contributed by atoms with van der Waals surface area (Å²) in [6.07, 6.45) is 9.15. The predicted molar refractivity (Wildman–Crippen MR) is 83.8 cm³/mol. The lowest BCUT2D eigenvalue weighted by molar-refractivity contribution is 0.657. The van der Waals surface area contributed by atoms with E-state index in [1.807, 2.05) is 6.92 Å². The van der Waals surface area contributed by atoms with Gasteiger partial charge in [-0.3, -0.25) is 8.42 Å². The van der Waals surface area contributed by atoms with Crippen molar-refractivity contribution in [1.82, 2.24) is 0 Å². The van der Waals surface area contributed by atoms with Gasteiger partial charge in [0.2, 0.25) is 0 Å². The van der Waals surface area contributed by atoms with Crippen molar-refractivity contribution in [3.63, 3.8) is 0 Å². The van der Waals surface area contributed by atoms with Gasteiger partial charge in [0.05, 0.1) is 0 Å². The lowest BCUT2D eigenvalue weighted by Gasteiger charge is -2.11. The van der Waals surface area contributed by atoms with E-state index in [0.29, 0.717) is 0 Å². The summed E-state index contributed by atoms with van der Waals surface area (Å²) < 4.78 is 23.8. The Hall–Kier alpha value is 0.300. The molecule has 0 aliphatic rings. The van der Waals surface area contributed by atoms with Crippen molar-refractivity contribution in [2.75, 3.05) is 11.5 Å². The van der Waals surface area contributed by atoms with E-state index >= 15 is 0 Å². The molecule has 0 aliphatic carbocycles. The summed E-state index contributed by atoms with van der Waals surface area (Å²) in [5.74, 6) is 1.45. The lowest BCUT2D eigenvalue weighted by Crippen LogP contribution is -2.21. The number of rotatable bonds is 12. The van der Waals surface area contributed by atoms with Crippen LogP contribution in [-0.4, -0.2) is 24.5 Å².